The first-order valence-corrected chi connectivity index (χ1v) is 10.4. The number of aliphatic carboxylic acids is 2. The van der Waals surface area contributed by atoms with Gasteiger partial charge in [-0.1, -0.05) is 13.8 Å². The lowest BCUT2D eigenvalue weighted by atomic mass is 10.0. The Bertz CT molecular complexity index is 807. The molecule has 0 radical (unpaired) electrons. The molecule has 4 N–H and O–H groups in total. The average Bonchev–Trinajstić information content (AvgIpc) is 3.19. The molecule has 9 nitrogen and oxygen atoms in total. The molecule has 1 aliphatic heterocycles. The molecule has 1 aliphatic rings. The van der Waals surface area contributed by atoms with Crippen LogP contribution in [0, 0.1) is 18.7 Å². The lowest BCUT2D eigenvalue weighted by molar-refractivity contribution is -0.208. The summed E-state index contributed by atoms with van der Waals surface area (Å²) in [5.74, 6) is -6.64. The number of carbonyl (C=O) groups excluding carboxylic acids is 1. The molecule has 0 bridgehead atoms. The molecule has 180 valence electrons. The van der Waals surface area contributed by atoms with Gasteiger partial charge in [-0.25, -0.2) is 9.18 Å². The molecule has 1 atom stereocenters. The number of carbonyl (C=O) groups is 3. The predicted octanol–water partition coefficient (Wildman–Crippen LogP) is 1.55. The fourth-order valence-corrected chi connectivity index (χ4v) is 3.43. The number of carboxylic acids is 2. The number of aryl methyl sites for hydroxylation is 1. The summed E-state index contributed by atoms with van der Waals surface area (Å²) in [4.78, 5) is 36.5. The number of nitrogens with zero attached hydrogens (tertiary/aromatic N) is 2. The van der Waals surface area contributed by atoms with E-state index in [1.54, 1.807) is 19.1 Å². The highest BCUT2D eigenvalue weighted by atomic mass is 19.1. The van der Waals surface area contributed by atoms with Crippen LogP contribution in [-0.4, -0.2) is 86.6 Å². The number of hydrogen-bond donors (Lipinski definition) is 4. The van der Waals surface area contributed by atoms with Crippen molar-refractivity contribution in [1.82, 2.24) is 9.80 Å². The van der Waals surface area contributed by atoms with E-state index in [2.05, 4.69) is 18.7 Å². The molecule has 1 amide bonds. The summed E-state index contributed by atoms with van der Waals surface area (Å²) in [5.41, 5.74) is 1.08. The molecule has 1 heterocycles. The van der Waals surface area contributed by atoms with Gasteiger partial charge in [0.25, 0.3) is 11.7 Å². The topological polar surface area (TPSA) is 139 Å². The average molecular weight is 457 g/mol. The zero-order chi connectivity index (χ0) is 24.6. The minimum Gasteiger partial charge on any atom is -0.481 e. The molecular formula is C22H33FN2O7. The number of benzene rings is 1. The van der Waals surface area contributed by atoms with Crippen molar-refractivity contribution in [3.63, 3.8) is 0 Å². The van der Waals surface area contributed by atoms with E-state index < -0.39 is 24.1 Å². The minimum atomic E-state index is -3.16. The van der Waals surface area contributed by atoms with Gasteiger partial charge in [-0.05, 0) is 62.5 Å². The van der Waals surface area contributed by atoms with Gasteiger partial charge in [0.1, 0.15) is 12.2 Å². The number of likely N-dealkylation sites (N-methyl/N-ethyl adjacent to an activating group) is 1. The summed E-state index contributed by atoms with van der Waals surface area (Å²) < 4.78 is 13.4. The van der Waals surface area contributed by atoms with Crippen LogP contribution in [-0.2, 0) is 9.59 Å². The Balaban J connectivity index is 0.000000433. The Morgan fingerprint density at radius 1 is 1.16 bits per heavy atom. The standard InChI is InChI=1S/C18H27FN2O.C4H6O6/c1-13(2)17(12-21-9-5-6-10-21)20(4)18(22)15-7-8-16(19)14(3)11-15;5-2(6)1-4(9,10)3(7)8/h7-8,11,13,17H,5-6,9-10,12H2,1-4H3;9-10H,1H2,(H,5,6)(H,7,8)/t17-;/m1./s1. The maximum Gasteiger partial charge on any atom is 0.364 e. The fraction of sp³-hybridized carbons (Fsp3) is 0.591. The number of hydrogen-bond acceptors (Lipinski definition) is 6. The Hall–Kier alpha value is -2.56. The molecular weight excluding hydrogens is 423 g/mol. The molecule has 0 saturated carbocycles. The van der Waals surface area contributed by atoms with Crippen LogP contribution in [0.4, 0.5) is 4.39 Å². The van der Waals surface area contributed by atoms with Crippen molar-refractivity contribution in [2.45, 2.75) is 51.9 Å². The Morgan fingerprint density at radius 3 is 2.12 bits per heavy atom. The Morgan fingerprint density at radius 2 is 1.72 bits per heavy atom. The van der Waals surface area contributed by atoms with Gasteiger partial charge >= 0.3 is 11.9 Å². The third-order valence-electron chi connectivity index (χ3n) is 5.38. The molecule has 0 aromatic heterocycles. The fourth-order valence-electron chi connectivity index (χ4n) is 3.43. The summed E-state index contributed by atoms with van der Waals surface area (Å²) in [6, 6.07) is 4.77. The first kappa shape index (κ1) is 27.5. The maximum atomic E-state index is 13.4. The van der Waals surface area contributed by atoms with Crippen molar-refractivity contribution >= 4 is 17.8 Å². The molecule has 32 heavy (non-hydrogen) atoms. The van der Waals surface area contributed by atoms with Crippen molar-refractivity contribution < 1.29 is 39.2 Å². The number of amides is 1. The van der Waals surface area contributed by atoms with Crippen LogP contribution in [0.5, 0.6) is 0 Å². The number of likely N-dealkylation sites (tertiary alicyclic amines) is 1. The summed E-state index contributed by atoms with van der Waals surface area (Å²) in [5, 5.41) is 32.5. The van der Waals surface area contributed by atoms with Gasteiger partial charge in [0, 0.05) is 25.2 Å². The molecule has 1 aromatic carbocycles. The molecule has 0 unspecified atom stereocenters. The van der Waals surface area contributed by atoms with E-state index >= 15 is 0 Å². The number of halogens is 1. The van der Waals surface area contributed by atoms with Gasteiger partial charge < -0.3 is 30.2 Å². The normalized spacial score (nSPS) is 15.1. The highest BCUT2D eigenvalue weighted by Crippen LogP contribution is 2.18. The second-order valence-electron chi connectivity index (χ2n) is 8.39. The number of carboxylic acid groups (broad SMARTS) is 2. The van der Waals surface area contributed by atoms with Crippen molar-refractivity contribution in [2.24, 2.45) is 5.92 Å². The van der Waals surface area contributed by atoms with Crippen LogP contribution < -0.4 is 0 Å². The van der Waals surface area contributed by atoms with Gasteiger partial charge in [0.2, 0.25) is 0 Å². The first-order chi connectivity index (χ1) is 14.8. The quantitative estimate of drug-likeness (QED) is 0.432. The molecule has 0 aliphatic carbocycles. The third-order valence-corrected chi connectivity index (χ3v) is 5.38. The highest BCUT2D eigenvalue weighted by Gasteiger charge is 2.35. The van der Waals surface area contributed by atoms with Crippen LogP contribution in [0.3, 0.4) is 0 Å². The monoisotopic (exact) mass is 456 g/mol. The minimum absolute atomic E-state index is 0.0269. The summed E-state index contributed by atoms with van der Waals surface area (Å²) in [6.07, 6.45) is 1.27. The lowest BCUT2D eigenvalue weighted by Gasteiger charge is -2.34. The maximum absolute atomic E-state index is 13.4. The molecule has 2 rings (SSSR count). The second-order valence-corrected chi connectivity index (χ2v) is 8.39. The Kier molecular flexibility index (Phi) is 10.2. The van der Waals surface area contributed by atoms with Crippen molar-refractivity contribution in [2.75, 3.05) is 26.7 Å². The summed E-state index contributed by atoms with van der Waals surface area (Å²) in [6.45, 7) is 9.17. The van der Waals surface area contributed by atoms with E-state index in [-0.39, 0.29) is 17.8 Å². The van der Waals surface area contributed by atoms with E-state index in [9.17, 15) is 18.8 Å². The van der Waals surface area contributed by atoms with Crippen LogP contribution in [0.1, 0.15) is 49.0 Å². The van der Waals surface area contributed by atoms with Gasteiger partial charge in [-0.15, -0.1) is 0 Å². The third kappa shape index (κ3) is 8.18. The Labute approximate surface area is 187 Å². The van der Waals surface area contributed by atoms with Crippen LogP contribution in [0.25, 0.3) is 0 Å². The molecule has 1 saturated heterocycles. The first-order valence-electron chi connectivity index (χ1n) is 10.4. The highest BCUT2D eigenvalue weighted by molar-refractivity contribution is 5.94. The zero-order valence-corrected chi connectivity index (χ0v) is 18.9. The van der Waals surface area contributed by atoms with Crippen molar-refractivity contribution in [3.05, 3.63) is 35.1 Å². The molecule has 1 aromatic rings. The summed E-state index contributed by atoms with van der Waals surface area (Å²) >= 11 is 0. The number of aliphatic hydroxyl groups is 2. The zero-order valence-electron chi connectivity index (χ0n) is 18.9. The van der Waals surface area contributed by atoms with E-state index in [1.807, 2.05) is 11.9 Å². The number of rotatable bonds is 8. The van der Waals surface area contributed by atoms with Gasteiger partial charge in [0.05, 0.1) is 0 Å². The van der Waals surface area contributed by atoms with Crippen LogP contribution in [0.2, 0.25) is 0 Å². The van der Waals surface area contributed by atoms with E-state index in [0.29, 0.717) is 17.0 Å². The second kappa shape index (κ2) is 11.9. The lowest BCUT2D eigenvalue weighted by Crippen LogP contribution is -2.47. The summed E-state index contributed by atoms with van der Waals surface area (Å²) in [7, 11) is 1.86. The van der Waals surface area contributed by atoms with Crippen LogP contribution in [0.15, 0.2) is 18.2 Å². The largest absolute Gasteiger partial charge is 0.481 e. The van der Waals surface area contributed by atoms with Gasteiger partial charge in [-0.3, -0.25) is 9.59 Å². The predicted molar refractivity (Wildman–Crippen MR) is 115 cm³/mol. The van der Waals surface area contributed by atoms with Crippen LogP contribution >= 0.6 is 0 Å². The van der Waals surface area contributed by atoms with Gasteiger partial charge in [-0.2, -0.15) is 0 Å². The molecule has 0 spiro atoms. The van der Waals surface area contributed by atoms with E-state index in [4.69, 9.17) is 20.4 Å². The van der Waals surface area contributed by atoms with E-state index in [0.717, 1.165) is 19.6 Å². The van der Waals surface area contributed by atoms with E-state index in [1.165, 1.54) is 18.9 Å². The van der Waals surface area contributed by atoms with Crippen molar-refractivity contribution in [1.29, 1.82) is 0 Å². The SMILES string of the molecule is Cc1cc(C(=O)N(C)[C@H](CN2CCCC2)C(C)C)ccc1F.O=C(O)CC(O)(O)C(=O)O. The molecule has 10 heteroatoms. The van der Waals surface area contributed by atoms with Crippen molar-refractivity contribution in [3.8, 4) is 0 Å². The molecule has 1 fully saturated rings. The smallest absolute Gasteiger partial charge is 0.364 e. The van der Waals surface area contributed by atoms with Gasteiger partial charge in [0.15, 0.2) is 0 Å².